The number of nitrogens with zero attached hydrogens (tertiary/aromatic N) is 3. The average molecular weight is 316 g/mol. The summed E-state index contributed by atoms with van der Waals surface area (Å²) in [6.45, 7) is 6.78. The number of aryl methyl sites for hydroxylation is 1. The van der Waals surface area contributed by atoms with E-state index >= 15 is 0 Å². The van der Waals surface area contributed by atoms with Crippen LogP contribution in [0.5, 0.6) is 0 Å². The number of rotatable bonds is 6. The van der Waals surface area contributed by atoms with Crippen LogP contribution in [0.25, 0.3) is 0 Å². The van der Waals surface area contributed by atoms with E-state index in [2.05, 4.69) is 10.3 Å². The van der Waals surface area contributed by atoms with Crippen LogP contribution in [0.15, 0.2) is 30.6 Å². The quantitative estimate of drug-likeness (QED) is 0.655. The van der Waals surface area contributed by atoms with Gasteiger partial charge in [-0.3, -0.25) is 14.9 Å². The minimum absolute atomic E-state index is 0.0419. The predicted molar refractivity (Wildman–Crippen MR) is 86.3 cm³/mol. The molecule has 7 nitrogen and oxygen atoms in total. The fourth-order valence-electron chi connectivity index (χ4n) is 2.43. The number of nitrogens with one attached hydrogen (secondary N) is 1. The lowest BCUT2D eigenvalue weighted by atomic mass is 10.1. The van der Waals surface area contributed by atoms with Crippen molar-refractivity contribution in [1.29, 1.82) is 0 Å². The molecule has 0 aliphatic heterocycles. The van der Waals surface area contributed by atoms with Crippen LogP contribution >= 0.6 is 0 Å². The zero-order valence-corrected chi connectivity index (χ0v) is 13.4. The standard InChI is InChI=1S/C16H20N4O3/c1-11(10-19-8-7-17-13(19)3)9-18-16(21)14-5-4-6-15(12(14)2)20(22)23/h4-8,11H,9-10H2,1-3H3,(H,18,21)/t11-/m1/s1. The zero-order valence-electron chi connectivity index (χ0n) is 13.4. The number of aromatic nitrogens is 2. The maximum Gasteiger partial charge on any atom is 0.273 e. The Morgan fingerprint density at radius 2 is 2.17 bits per heavy atom. The maximum absolute atomic E-state index is 12.3. The highest BCUT2D eigenvalue weighted by Crippen LogP contribution is 2.20. The molecule has 1 atom stereocenters. The van der Waals surface area contributed by atoms with E-state index < -0.39 is 4.92 Å². The number of nitro benzene ring substituents is 1. The number of carbonyl (C=O) groups excluding carboxylic acids is 1. The van der Waals surface area contributed by atoms with Crippen molar-refractivity contribution in [2.45, 2.75) is 27.3 Å². The molecule has 1 amide bonds. The predicted octanol–water partition coefficient (Wildman–Crippen LogP) is 2.47. The highest BCUT2D eigenvalue weighted by molar-refractivity contribution is 5.96. The van der Waals surface area contributed by atoms with Crippen molar-refractivity contribution >= 4 is 11.6 Å². The van der Waals surface area contributed by atoms with E-state index in [1.807, 2.05) is 24.6 Å². The van der Waals surface area contributed by atoms with Crippen molar-refractivity contribution in [1.82, 2.24) is 14.9 Å². The number of hydrogen-bond acceptors (Lipinski definition) is 4. The minimum atomic E-state index is -0.476. The fraction of sp³-hybridized carbons (Fsp3) is 0.375. The van der Waals surface area contributed by atoms with E-state index in [1.165, 1.54) is 12.1 Å². The second kappa shape index (κ2) is 7.04. The van der Waals surface area contributed by atoms with Crippen LogP contribution in [0, 0.1) is 29.9 Å². The molecule has 2 aromatic rings. The molecule has 0 bridgehead atoms. The molecule has 1 N–H and O–H groups in total. The maximum atomic E-state index is 12.3. The minimum Gasteiger partial charge on any atom is -0.352 e. The average Bonchev–Trinajstić information content (AvgIpc) is 2.90. The number of carbonyl (C=O) groups is 1. The summed E-state index contributed by atoms with van der Waals surface area (Å²) in [4.78, 5) is 26.9. The van der Waals surface area contributed by atoms with Crippen molar-refractivity contribution in [2.75, 3.05) is 6.54 Å². The summed E-state index contributed by atoms with van der Waals surface area (Å²) in [5, 5.41) is 13.8. The number of hydrogen-bond donors (Lipinski definition) is 1. The van der Waals surface area contributed by atoms with E-state index in [9.17, 15) is 14.9 Å². The first-order chi connectivity index (χ1) is 10.9. The first kappa shape index (κ1) is 16.7. The first-order valence-corrected chi connectivity index (χ1v) is 7.40. The van der Waals surface area contributed by atoms with Gasteiger partial charge in [-0.15, -0.1) is 0 Å². The Bertz CT molecular complexity index is 724. The molecule has 1 aromatic heterocycles. The van der Waals surface area contributed by atoms with Crippen LogP contribution in [0.2, 0.25) is 0 Å². The van der Waals surface area contributed by atoms with Crippen LogP contribution < -0.4 is 5.32 Å². The summed E-state index contributed by atoms with van der Waals surface area (Å²) >= 11 is 0. The van der Waals surface area contributed by atoms with E-state index in [1.54, 1.807) is 19.2 Å². The van der Waals surface area contributed by atoms with Gasteiger partial charge in [-0.25, -0.2) is 4.98 Å². The number of benzene rings is 1. The Labute approximate surface area is 134 Å². The van der Waals surface area contributed by atoms with Crippen LogP contribution in [0.1, 0.15) is 28.7 Å². The summed E-state index contributed by atoms with van der Waals surface area (Å²) < 4.78 is 2.02. The normalized spacial score (nSPS) is 12.0. The van der Waals surface area contributed by atoms with Crippen molar-refractivity contribution in [2.24, 2.45) is 5.92 Å². The Morgan fingerprint density at radius 3 is 2.78 bits per heavy atom. The molecule has 0 unspecified atom stereocenters. The van der Waals surface area contributed by atoms with Gasteiger partial charge in [0.1, 0.15) is 5.82 Å². The van der Waals surface area contributed by atoms with Crippen molar-refractivity contribution in [3.8, 4) is 0 Å². The molecule has 2 rings (SSSR count). The molecule has 0 spiro atoms. The second-order valence-corrected chi connectivity index (χ2v) is 5.65. The molecule has 122 valence electrons. The summed E-state index contributed by atoms with van der Waals surface area (Å²) in [5.74, 6) is 0.851. The molecule has 0 aliphatic carbocycles. The summed E-state index contributed by atoms with van der Waals surface area (Å²) in [6.07, 6.45) is 3.64. The number of imidazole rings is 1. The van der Waals surface area contributed by atoms with Crippen LogP contribution in [-0.2, 0) is 6.54 Å². The lowest BCUT2D eigenvalue weighted by Crippen LogP contribution is -2.30. The van der Waals surface area contributed by atoms with Gasteiger partial charge in [0.15, 0.2) is 0 Å². The van der Waals surface area contributed by atoms with Gasteiger partial charge in [-0.05, 0) is 25.8 Å². The van der Waals surface area contributed by atoms with E-state index in [0.29, 0.717) is 17.7 Å². The third-order valence-corrected chi connectivity index (χ3v) is 3.79. The molecule has 7 heteroatoms. The molecule has 0 aliphatic rings. The summed E-state index contributed by atoms with van der Waals surface area (Å²) in [6, 6.07) is 4.53. The Kier molecular flexibility index (Phi) is 5.10. The molecular formula is C16H20N4O3. The van der Waals surface area contributed by atoms with E-state index in [0.717, 1.165) is 12.4 Å². The van der Waals surface area contributed by atoms with Gasteiger partial charge >= 0.3 is 0 Å². The Morgan fingerprint density at radius 1 is 1.43 bits per heavy atom. The van der Waals surface area contributed by atoms with Gasteiger partial charge in [0.2, 0.25) is 0 Å². The van der Waals surface area contributed by atoms with Gasteiger partial charge in [-0.2, -0.15) is 0 Å². The highest BCUT2D eigenvalue weighted by Gasteiger charge is 2.18. The molecule has 0 saturated heterocycles. The SMILES string of the molecule is Cc1c(C(=O)NC[C@@H](C)Cn2ccnc2C)cccc1[N+](=O)[O-]. The topological polar surface area (TPSA) is 90.1 Å². The van der Waals surface area contributed by atoms with Crippen molar-refractivity contribution < 1.29 is 9.72 Å². The molecule has 1 heterocycles. The Balaban J connectivity index is 1.98. The largest absolute Gasteiger partial charge is 0.352 e. The molecule has 0 saturated carbocycles. The van der Waals surface area contributed by atoms with Gasteiger partial charge in [0, 0.05) is 42.7 Å². The van der Waals surface area contributed by atoms with Gasteiger partial charge < -0.3 is 9.88 Å². The van der Waals surface area contributed by atoms with Crippen LogP contribution in [0.4, 0.5) is 5.69 Å². The second-order valence-electron chi connectivity index (χ2n) is 5.65. The number of amides is 1. The Hall–Kier alpha value is -2.70. The molecule has 0 radical (unpaired) electrons. The third kappa shape index (κ3) is 3.94. The van der Waals surface area contributed by atoms with Crippen molar-refractivity contribution in [3.05, 3.63) is 57.7 Å². The number of nitro groups is 1. The molecule has 23 heavy (non-hydrogen) atoms. The molecular weight excluding hydrogens is 296 g/mol. The lowest BCUT2D eigenvalue weighted by molar-refractivity contribution is -0.385. The van der Waals surface area contributed by atoms with E-state index in [4.69, 9.17) is 0 Å². The first-order valence-electron chi connectivity index (χ1n) is 7.40. The fourth-order valence-corrected chi connectivity index (χ4v) is 2.43. The van der Waals surface area contributed by atoms with Gasteiger partial charge in [-0.1, -0.05) is 13.0 Å². The highest BCUT2D eigenvalue weighted by atomic mass is 16.6. The van der Waals surface area contributed by atoms with E-state index in [-0.39, 0.29) is 17.5 Å². The zero-order chi connectivity index (χ0) is 17.0. The van der Waals surface area contributed by atoms with Gasteiger partial charge in [0.05, 0.1) is 4.92 Å². The third-order valence-electron chi connectivity index (χ3n) is 3.79. The van der Waals surface area contributed by atoms with Crippen LogP contribution in [0.3, 0.4) is 0 Å². The summed E-state index contributed by atoms with van der Waals surface area (Å²) in [5.41, 5.74) is 0.679. The van der Waals surface area contributed by atoms with Gasteiger partial charge in [0.25, 0.3) is 11.6 Å². The summed E-state index contributed by atoms with van der Waals surface area (Å²) in [7, 11) is 0. The smallest absolute Gasteiger partial charge is 0.273 e. The molecule has 0 fully saturated rings. The van der Waals surface area contributed by atoms with Crippen molar-refractivity contribution in [3.63, 3.8) is 0 Å². The monoisotopic (exact) mass is 316 g/mol. The van der Waals surface area contributed by atoms with Crippen LogP contribution in [-0.4, -0.2) is 26.9 Å². The lowest BCUT2D eigenvalue weighted by Gasteiger charge is -2.15. The molecule has 1 aromatic carbocycles.